The Kier molecular flexibility index (Phi) is 5.58. The van der Waals surface area contributed by atoms with Crippen LogP contribution in [-0.4, -0.2) is 20.9 Å². The van der Waals surface area contributed by atoms with Crippen LogP contribution in [0.5, 0.6) is 11.5 Å². The molecule has 0 spiro atoms. The van der Waals surface area contributed by atoms with Crippen molar-refractivity contribution in [3.63, 3.8) is 0 Å². The van der Waals surface area contributed by atoms with Gasteiger partial charge in [0, 0.05) is 7.05 Å². The van der Waals surface area contributed by atoms with Gasteiger partial charge in [-0.2, -0.15) is 5.10 Å². The Balaban J connectivity index is 1.58. The molecule has 2 aromatic carbocycles. The van der Waals surface area contributed by atoms with Crippen LogP contribution in [0.1, 0.15) is 21.7 Å². The minimum atomic E-state index is -1.04. The summed E-state index contributed by atoms with van der Waals surface area (Å²) in [4.78, 5) is 11.2. The summed E-state index contributed by atoms with van der Waals surface area (Å²) in [6.07, 6.45) is 0. The number of carbonyl (C=O) groups is 1. The summed E-state index contributed by atoms with van der Waals surface area (Å²) in [6.45, 7) is 0.659. The highest BCUT2D eigenvalue weighted by Crippen LogP contribution is 2.24. The topological polar surface area (TPSA) is 73.6 Å². The van der Waals surface area contributed by atoms with Crippen LogP contribution in [0, 0.1) is 0 Å². The van der Waals surface area contributed by atoms with Crippen molar-refractivity contribution in [2.45, 2.75) is 13.2 Å². The second-order valence-electron chi connectivity index (χ2n) is 5.57. The van der Waals surface area contributed by atoms with Gasteiger partial charge in [-0.3, -0.25) is 4.68 Å². The summed E-state index contributed by atoms with van der Waals surface area (Å²) in [5.74, 6) is 0.345. The molecule has 1 heterocycles. The molecule has 3 aromatic rings. The highest BCUT2D eigenvalue weighted by molar-refractivity contribution is 9.10. The van der Waals surface area contributed by atoms with Gasteiger partial charge in [-0.1, -0.05) is 30.3 Å². The molecule has 134 valence electrons. The molecule has 1 N–H and O–H groups in total. The number of carboxylic acid groups (broad SMARTS) is 1. The third-order valence-corrected chi connectivity index (χ3v) is 4.54. The van der Waals surface area contributed by atoms with E-state index in [1.165, 1.54) is 4.68 Å². The number of benzene rings is 2. The quantitative estimate of drug-likeness (QED) is 0.628. The minimum Gasteiger partial charge on any atom is -0.489 e. The zero-order chi connectivity index (χ0) is 18.5. The van der Waals surface area contributed by atoms with Gasteiger partial charge in [0.05, 0.1) is 4.47 Å². The molecular formula is C19H17BrN2O4. The lowest BCUT2D eigenvalue weighted by atomic mass is 10.2. The van der Waals surface area contributed by atoms with Crippen molar-refractivity contribution < 1.29 is 19.4 Å². The Labute approximate surface area is 159 Å². The molecule has 0 atom stereocenters. The molecule has 0 unspecified atom stereocenters. The first-order valence-corrected chi connectivity index (χ1v) is 8.68. The van der Waals surface area contributed by atoms with Crippen LogP contribution in [0.2, 0.25) is 0 Å². The van der Waals surface area contributed by atoms with E-state index in [1.54, 1.807) is 19.2 Å². The summed E-state index contributed by atoms with van der Waals surface area (Å²) in [7, 11) is 1.58. The molecule has 0 fully saturated rings. The van der Waals surface area contributed by atoms with E-state index in [0.717, 1.165) is 11.3 Å². The second kappa shape index (κ2) is 8.05. The summed E-state index contributed by atoms with van der Waals surface area (Å²) in [5, 5.41) is 13.3. The zero-order valence-corrected chi connectivity index (χ0v) is 15.6. The summed E-state index contributed by atoms with van der Waals surface area (Å²) in [6, 6.07) is 17.2. The monoisotopic (exact) mass is 416 g/mol. The highest BCUT2D eigenvalue weighted by Gasteiger charge is 2.19. The number of halogens is 1. The fourth-order valence-corrected chi connectivity index (χ4v) is 3.02. The lowest BCUT2D eigenvalue weighted by Crippen LogP contribution is -2.05. The van der Waals surface area contributed by atoms with Gasteiger partial charge in [-0.25, -0.2) is 4.79 Å². The molecule has 0 bridgehead atoms. The number of ether oxygens (including phenoxy) is 2. The van der Waals surface area contributed by atoms with Gasteiger partial charge < -0.3 is 14.6 Å². The fraction of sp³-hybridized carbons (Fsp3) is 0.158. The minimum absolute atomic E-state index is 0.0910. The number of nitrogens with zero attached hydrogens (tertiary/aromatic N) is 2. The summed E-state index contributed by atoms with van der Waals surface area (Å²) >= 11 is 3.27. The van der Waals surface area contributed by atoms with Crippen molar-refractivity contribution in [2.75, 3.05) is 0 Å². The van der Waals surface area contributed by atoms with Gasteiger partial charge in [0.15, 0.2) is 5.69 Å². The lowest BCUT2D eigenvalue weighted by molar-refractivity contribution is 0.0684. The van der Waals surface area contributed by atoms with E-state index in [9.17, 15) is 4.79 Å². The molecular weight excluding hydrogens is 400 g/mol. The number of hydrogen-bond acceptors (Lipinski definition) is 4. The maximum absolute atomic E-state index is 11.2. The third-order valence-electron chi connectivity index (χ3n) is 3.71. The molecule has 7 heteroatoms. The smallest absolute Gasteiger partial charge is 0.355 e. The Bertz CT molecular complexity index is 892. The molecule has 0 aliphatic carbocycles. The first kappa shape index (κ1) is 18.0. The van der Waals surface area contributed by atoms with Crippen molar-refractivity contribution in [1.82, 2.24) is 9.78 Å². The predicted octanol–water partition coefficient (Wildman–Crippen LogP) is 4.04. The van der Waals surface area contributed by atoms with Gasteiger partial charge in [0.25, 0.3) is 0 Å². The number of aryl methyl sites for hydroxylation is 1. The Morgan fingerprint density at radius 2 is 1.62 bits per heavy atom. The fourth-order valence-electron chi connectivity index (χ4n) is 2.40. The van der Waals surface area contributed by atoms with Crippen LogP contribution in [0.15, 0.2) is 59.1 Å². The molecule has 1 aromatic heterocycles. The summed E-state index contributed by atoms with van der Waals surface area (Å²) < 4.78 is 13.2. The molecule has 6 nitrogen and oxygen atoms in total. The molecule has 0 aliphatic rings. The molecule has 0 saturated heterocycles. The first-order valence-electron chi connectivity index (χ1n) is 7.89. The van der Waals surface area contributed by atoms with Crippen LogP contribution in [0.3, 0.4) is 0 Å². The average Bonchev–Trinajstić information content (AvgIpc) is 2.93. The van der Waals surface area contributed by atoms with E-state index in [2.05, 4.69) is 21.0 Å². The SMILES string of the molecule is Cn1nc(COc2ccc(OCc3ccccc3)cc2)c(Br)c1C(=O)O. The first-order chi connectivity index (χ1) is 12.5. The van der Waals surface area contributed by atoms with Gasteiger partial charge in [0.1, 0.15) is 30.4 Å². The third kappa shape index (κ3) is 4.23. The second-order valence-corrected chi connectivity index (χ2v) is 6.37. The largest absolute Gasteiger partial charge is 0.489 e. The number of aromatic carboxylic acids is 1. The van der Waals surface area contributed by atoms with Gasteiger partial charge >= 0.3 is 5.97 Å². The Morgan fingerprint density at radius 3 is 2.15 bits per heavy atom. The van der Waals surface area contributed by atoms with E-state index in [-0.39, 0.29) is 12.3 Å². The predicted molar refractivity (Wildman–Crippen MR) is 99.4 cm³/mol. The molecule has 3 rings (SSSR count). The van der Waals surface area contributed by atoms with E-state index < -0.39 is 5.97 Å². The van der Waals surface area contributed by atoms with E-state index in [0.29, 0.717) is 22.5 Å². The lowest BCUT2D eigenvalue weighted by Gasteiger charge is -2.08. The Morgan fingerprint density at radius 1 is 1.04 bits per heavy atom. The van der Waals surface area contributed by atoms with Gasteiger partial charge in [-0.15, -0.1) is 0 Å². The maximum atomic E-state index is 11.2. The van der Waals surface area contributed by atoms with Crippen LogP contribution >= 0.6 is 15.9 Å². The van der Waals surface area contributed by atoms with Crippen LogP contribution in [0.4, 0.5) is 0 Å². The normalized spacial score (nSPS) is 10.5. The number of hydrogen-bond donors (Lipinski definition) is 1. The molecule has 0 saturated carbocycles. The molecule has 0 aliphatic heterocycles. The molecule has 0 radical (unpaired) electrons. The Hall–Kier alpha value is -2.80. The highest BCUT2D eigenvalue weighted by atomic mass is 79.9. The molecule has 0 amide bonds. The van der Waals surface area contributed by atoms with Crippen LogP contribution < -0.4 is 9.47 Å². The van der Waals surface area contributed by atoms with Gasteiger partial charge in [0.2, 0.25) is 0 Å². The van der Waals surface area contributed by atoms with Gasteiger partial charge in [-0.05, 0) is 45.8 Å². The van der Waals surface area contributed by atoms with E-state index >= 15 is 0 Å². The van der Waals surface area contributed by atoms with Crippen molar-refractivity contribution in [2.24, 2.45) is 7.05 Å². The summed E-state index contributed by atoms with van der Waals surface area (Å²) in [5.41, 5.74) is 1.71. The average molecular weight is 417 g/mol. The maximum Gasteiger partial charge on any atom is 0.355 e. The standard InChI is InChI=1S/C19H17BrN2O4/c1-22-18(19(23)24)17(20)16(21-22)12-26-15-9-7-14(8-10-15)25-11-13-5-3-2-4-6-13/h2-10H,11-12H2,1H3,(H,23,24). The van der Waals surface area contributed by atoms with Crippen molar-refractivity contribution in [3.8, 4) is 11.5 Å². The number of carboxylic acids is 1. The van der Waals surface area contributed by atoms with Crippen LogP contribution in [0.25, 0.3) is 0 Å². The van der Waals surface area contributed by atoms with E-state index in [1.807, 2.05) is 42.5 Å². The van der Waals surface area contributed by atoms with E-state index in [4.69, 9.17) is 14.6 Å². The van der Waals surface area contributed by atoms with Crippen molar-refractivity contribution >= 4 is 21.9 Å². The number of rotatable bonds is 7. The zero-order valence-electron chi connectivity index (χ0n) is 14.1. The van der Waals surface area contributed by atoms with Crippen molar-refractivity contribution in [3.05, 3.63) is 76.0 Å². The molecule has 26 heavy (non-hydrogen) atoms. The number of aromatic nitrogens is 2. The van der Waals surface area contributed by atoms with Crippen LogP contribution in [-0.2, 0) is 20.3 Å². The van der Waals surface area contributed by atoms with Crippen molar-refractivity contribution in [1.29, 1.82) is 0 Å².